The van der Waals surface area contributed by atoms with Crippen molar-refractivity contribution in [3.05, 3.63) is 0 Å². The van der Waals surface area contributed by atoms with E-state index in [1.54, 1.807) is 0 Å². The molecule has 3 nitrogen and oxygen atoms in total. The van der Waals surface area contributed by atoms with E-state index in [-0.39, 0.29) is 13.1 Å². The van der Waals surface area contributed by atoms with Gasteiger partial charge in [0, 0.05) is 0 Å². The summed E-state index contributed by atoms with van der Waals surface area (Å²) in [6.07, 6.45) is -1.28. The zero-order valence-electron chi connectivity index (χ0n) is 5.39. The minimum Gasteiger partial charge on any atom is -0.465 e. The Balaban J connectivity index is 3.61. The molecular weight excluding hydrogens is 144 g/mol. The molecule has 0 aromatic carbocycles. The van der Waals surface area contributed by atoms with E-state index in [1.807, 2.05) is 0 Å². The Hall–Kier alpha value is -0.870. The lowest BCUT2D eigenvalue weighted by atomic mass is 10.5. The van der Waals surface area contributed by atoms with Gasteiger partial charge in [-0.1, -0.05) is 0 Å². The first-order chi connectivity index (χ1) is 4.72. The molecule has 60 valence electrons. The summed E-state index contributed by atoms with van der Waals surface area (Å²) in [4.78, 5) is 10.8. The summed E-state index contributed by atoms with van der Waals surface area (Å²) in [6.45, 7) is -2.04. The summed E-state index contributed by atoms with van der Waals surface area (Å²) in [5, 5.41) is 8.23. The summed E-state index contributed by atoms with van der Waals surface area (Å²) in [6, 6.07) is 0. The zero-order valence-corrected chi connectivity index (χ0v) is 5.39. The summed E-state index contributed by atoms with van der Waals surface area (Å²) in [5.41, 5.74) is 0. The fraction of sp³-hybridized carbons (Fsp3) is 0.800. The number of hydrogen-bond acceptors (Lipinski definition) is 1. The van der Waals surface area contributed by atoms with Crippen molar-refractivity contribution in [2.24, 2.45) is 0 Å². The highest BCUT2D eigenvalue weighted by Crippen LogP contribution is 1.89. The van der Waals surface area contributed by atoms with Gasteiger partial charge in [0.15, 0.2) is 0 Å². The molecule has 0 spiro atoms. The monoisotopic (exact) mass is 153 g/mol. The van der Waals surface area contributed by atoms with Crippen LogP contribution in [0.1, 0.15) is 0 Å². The van der Waals surface area contributed by atoms with Gasteiger partial charge in [-0.2, -0.15) is 0 Å². The van der Waals surface area contributed by atoms with Crippen molar-refractivity contribution < 1.29 is 18.7 Å². The Labute approximate surface area is 57.2 Å². The third kappa shape index (κ3) is 3.21. The fourth-order valence-corrected chi connectivity index (χ4v) is 0.507. The zero-order chi connectivity index (χ0) is 7.98. The van der Waals surface area contributed by atoms with Crippen LogP contribution < -0.4 is 0 Å². The highest BCUT2D eigenvalue weighted by atomic mass is 19.1. The highest BCUT2D eigenvalue weighted by molar-refractivity contribution is 5.64. The smallest absolute Gasteiger partial charge is 0.407 e. The van der Waals surface area contributed by atoms with Crippen molar-refractivity contribution in [3.8, 4) is 0 Å². The van der Waals surface area contributed by atoms with Crippen molar-refractivity contribution in [1.82, 2.24) is 4.90 Å². The Morgan fingerprint density at radius 1 is 1.30 bits per heavy atom. The predicted molar refractivity (Wildman–Crippen MR) is 31.5 cm³/mol. The average Bonchev–Trinajstić information content (AvgIpc) is 1.87. The molecule has 0 aliphatic heterocycles. The van der Waals surface area contributed by atoms with Crippen molar-refractivity contribution in [2.45, 2.75) is 0 Å². The van der Waals surface area contributed by atoms with Crippen LogP contribution in [0.4, 0.5) is 13.6 Å². The third-order valence-electron chi connectivity index (χ3n) is 0.979. The summed E-state index contributed by atoms with van der Waals surface area (Å²) < 4.78 is 23.0. The molecule has 10 heavy (non-hydrogen) atoms. The number of halogens is 2. The molecule has 0 aromatic rings. The van der Waals surface area contributed by atoms with E-state index >= 15 is 0 Å². The minimum absolute atomic E-state index is 0.251. The lowest BCUT2D eigenvalue weighted by Crippen LogP contribution is -2.33. The quantitative estimate of drug-likeness (QED) is 0.652. The molecule has 0 aliphatic rings. The summed E-state index contributed by atoms with van der Waals surface area (Å²) in [7, 11) is 0. The number of carboxylic acid groups (broad SMARTS) is 1. The largest absolute Gasteiger partial charge is 0.465 e. The van der Waals surface area contributed by atoms with Crippen LogP contribution >= 0.6 is 0 Å². The third-order valence-corrected chi connectivity index (χ3v) is 0.979. The van der Waals surface area contributed by atoms with E-state index in [0.717, 1.165) is 0 Å². The predicted octanol–water partition coefficient (Wildman–Crippen LogP) is 0.905. The molecular formula is C5H9F2NO2. The van der Waals surface area contributed by atoms with Crippen LogP contribution in [0.5, 0.6) is 0 Å². The second-order valence-electron chi connectivity index (χ2n) is 1.65. The van der Waals surface area contributed by atoms with Gasteiger partial charge in [-0.25, -0.2) is 13.6 Å². The Kier molecular flexibility index (Phi) is 4.53. The Morgan fingerprint density at radius 3 is 1.90 bits per heavy atom. The molecule has 0 atom stereocenters. The van der Waals surface area contributed by atoms with Gasteiger partial charge in [-0.05, 0) is 0 Å². The number of nitrogens with zero attached hydrogens (tertiary/aromatic N) is 1. The molecule has 0 fully saturated rings. The first-order valence-corrected chi connectivity index (χ1v) is 2.82. The van der Waals surface area contributed by atoms with E-state index in [2.05, 4.69) is 0 Å². The van der Waals surface area contributed by atoms with Gasteiger partial charge in [0.2, 0.25) is 0 Å². The SMILES string of the molecule is O=C(O)N(CCF)CCF. The summed E-state index contributed by atoms with van der Waals surface area (Å²) >= 11 is 0. The van der Waals surface area contributed by atoms with Crippen molar-refractivity contribution >= 4 is 6.09 Å². The van der Waals surface area contributed by atoms with Crippen molar-refractivity contribution in [2.75, 3.05) is 26.4 Å². The van der Waals surface area contributed by atoms with Gasteiger partial charge in [-0.3, -0.25) is 0 Å². The fourth-order valence-electron chi connectivity index (χ4n) is 0.507. The molecule has 0 unspecified atom stereocenters. The van der Waals surface area contributed by atoms with Gasteiger partial charge in [0.05, 0.1) is 13.1 Å². The van der Waals surface area contributed by atoms with Crippen molar-refractivity contribution in [1.29, 1.82) is 0 Å². The van der Waals surface area contributed by atoms with Crippen LogP contribution in [0.3, 0.4) is 0 Å². The minimum atomic E-state index is -1.28. The molecule has 0 aliphatic carbocycles. The average molecular weight is 153 g/mol. The van der Waals surface area contributed by atoms with Crippen LogP contribution in [0.15, 0.2) is 0 Å². The highest BCUT2D eigenvalue weighted by Gasteiger charge is 2.09. The number of amides is 1. The Morgan fingerprint density at radius 2 is 1.70 bits per heavy atom. The lowest BCUT2D eigenvalue weighted by Gasteiger charge is -2.14. The lowest BCUT2D eigenvalue weighted by molar-refractivity contribution is 0.137. The molecule has 1 N–H and O–H groups in total. The number of hydrogen-bond donors (Lipinski definition) is 1. The standard InChI is InChI=1S/C5H9F2NO2/c6-1-3-8(4-2-7)5(9)10/h1-4H2,(H,9,10). The van der Waals surface area contributed by atoms with Crippen LogP contribution in [-0.2, 0) is 0 Å². The number of rotatable bonds is 4. The van der Waals surface area contributed by atoms with Crippen LogP contribution in [0, 0.1) is 0 Å². The van der Waals surface area contributed by atoms with Gasteiger partial charge in [0.25, 0.3) is 0 Å². The molecule has 0 saturated heterocycles. The van der Waals surface area contributed by atoms with E-state index < -0.39 is 19.4 Å². The second-order valence-corrected chi connectivity index (χ2v) is 1.65. The molecule has 0 radical (unpaired) electrons. The van der Waals surface area contributed by atoms with Crippen molar-refractivity contribution in [3.63, 3.8) is 0 Å². The second kappa shape index (κ2) is 4.96. The first-order valence-electron chi connectivity index (χ1n) is 2.82. The van der Waals surface area contributed by atoms with E-state index in [0.29, 0.717) is 4.90 Å². The van der Waals surface area contributed by atoms with E-state index in [1.165, 1.54) is 0 Å². The van der Waals surface area contributed by atoms with Gasteiger partial charge < -0.3 is 10.0 Å². The molecule has 5 heteroatoms. The maximum atomic E-state index is 11.5. The number of carbonyl (C=O) groups is 1. The molecule has 0 bridgehead atoms. The maximum absolute atomic E-state index is 11.5. The van der Waals surface area contributed by atoms with Crippen LogP contribution in [-0.4, -0.2) is 42.5 Å². The topological polar surface area (TPSA) is 40.5 Å². The molecule has 0 aromatic heterocycles. The Bertz CT molecular complexity index is 104. The normalized spacial score (nSPS) is 9.40. The summed E-state index contributed by atoms with van der Waals surface area (Å²) in [5.74, 6) is 0. The number of alkyl halides is 2. The first kappa shape index (κ1) is 9.13. The van der Waals surface area contributed by atoms with Gasteiger partial charge in [-0.15, -0.1) is 0 Å². The van der Waals surface area contributed by atoms with E-state index in [4.69, 9.17) is 5.11 Å². The van der Waals surface area contributed by atoms with Crippen LogP contribution in [0.25, 0.3) is 0 Å². The van der Waals surface area contributed by atoms with Gasteiger partial charge in [0.1, 0.15) is 13.3 Å². The molecule has 0 saturated carbocycles. The molecule has 0 rings (SSSR count). The van der Waals surface area contributed by atoms with E-state index in [9.17, 15) is 13.6 Å². The maximum Gasteiger partial charge on any atom is 0.407 e. The molecule has 0 heterocycles. The van der Waals surface area contributed by atoms with Gasteiger partial charge >= 0.3 is 6.09 Å². The van der Waals surface area contributed by atoms with Crippen LogP contribution in [0.2, 0.25) is 0 Å². The molecule has 1 amide bonds.